The molecule has 2 heterocycles. The van der Waals surface area contributed by atoms with Crippen LogP contribution in [0.2, 0.25) is 0 Å². The zero-order valence-electron chi connectivity index (χ0n) is 17.5. The normalized spacial score (nSPS) is 24.4. The summed E-state index contributed by atoms with van der Waals surface area (Å²) < 4.78 is 1.75. The van der Waals surface area contributed by atoms with Gasteiger partial charge in [-0.2, -0.15) is 5.10 Å². The molecule has 1 saturated heterocycles. The second-order valence-electron chi connectivity index (χ2n) is 9.45. The van der Waals surface area contributed by atoms with Crippen molar-refractivity contribution in [1.82, 2.24) is 14.7 Å². The summed E-state index contributed by atoms with van der Waals surface area (Å²) in [6.07, 6.45) is 0.957. The topological polar surface area (TPSA) is 58.4 Å². The zero-order valence-corrected chi connectivity index (χ0v) is 17.5. The van der Waals surface area contributed by atoms with E-state index in [9.17, 15) is 9.90 Å². The molecule has 1 aliphatic heterocycles. The van der Waals surface area contributed by atoms with E-state index in [0.29, 0.717) is 24.7 Å². The first-order valence-electron chi connectivity index (χ1n) is 10.5. The molecule has 2 atom stereocenters. The van der Waals surface area contributed by atoms with Gasteiger partial charge in [-0.15, -0.1) is 0 Å². The number of aromatic nitrogens is 2. The van der Waals surface area contributed by atoms with Gasteiger partial charge in [-0.1, -0.05) is 62.4 Å². The van der Waals surface area contributed by atoms with E-state index in [1.54, 1.807) is 4.68 Å². The number of carbonyl (C=O) groups excluding carboxylic acids is 1. The summed E-state index contributed by atoms with van der Waals surface area (Å²) in [5.41, 5.74) is 3.19. The molecular weight excluding hydrogens is 374 g/mol. The van der Waals surface area contributed by atoms with Crippen LogP contribution >= 0.6 is 0 Å². The fourth-order valence-corrected chi connectivity index (χ4v) is 5.71. The smallest absolute Gasteiger partial charge is 0.272 e. The maximum atomic E-state index is 13.7. The number of nitrogens with zero attached hydrogens (tertiary/aromatic N) is 3. The molecule has 3 aromatic rings. The van der Waals surface area contributed by atoms with E-state index in [4.69, 9.17) is 5.10 Å². The predicted molar refractivity (Wildman–Crippen MR) is 116 cm³/mol. The SMILES string of the molecule is CC1(C)C[C@]2(CO)CN(C(=O)c3cc(-c4ccccc4)nn3-c3ccccc3)C[C@H]12. The van der Waals surface area contributed by atoms with Crippen LogP contribution in [-0.2, 0) is 0 Å². The van der Waals surface area contributed by atoms with Gasteiger partial charge >= 0.3 is 0 Å². The van der Waals surface area contributed by atoms with Gasteiger partial charge < -0.3 is 10.0 Å². The Hall–Kier alpha value is -2.92. The second-order valence-corrected chi connectivity index (χ2v) is 9.45. The van der Waals surface area contributed by atoms with Gasteiger partial charge in [0.2, 0.25) is 0 Å². The summed E-state index contributed by atoms with van der Waals surface area (Å²) >= 11 is 0. The Morgan fingerprint density at radius 2 is 1.77 bits per heavy atom. The van der Waals surface area contributed by atoms with Gasteiger partial charge in [-0.3, -0.25) is 4.79 Å². The lowest BCUT2D eigenvalue weighted by atomic mass is 9.48. The molecule has 1 aromatic heterocycles. The molecule has 30 heavy (non-hydrogen) atoms. The number of aliphatic hydroxyl groups is 1. The van der Waals surface area contributed by atoms with Crippen LogP contribution in [0.15, 0.2) is 66.7 Å². The van der Waals surface area contributed by atoms with E-state index in [0.717, 1.165) is 23.4 Å². The van der Waals surface area contributed by atoms with Gasteiger partial charge in [-0.05, 0) is 36.0 Å². The molecule has 5 nitrogen and oxygen atoms in total. The van der Waals surface area contributed by atoms with Gasteiger partial charge in [0.25, 0.3) is 5.91 Å². The third-order valence-corrected chi connectivity index (χ3v) is 7.00. The lowest BCUT2D eigenvalue weighted by Crippen LogP contribution is -2.54. The quantitative estimate of drug-likeness (QED) is 0.718. The molecule has 5 rings (SSSR count). The average molecular weight is 402 g/mol. The van der Waals surface area contributed by atoms with Gasteiger partial charge in [0.05, 0.1) is 18.0 Å². The van der Waals surface area contributed by atoms with Crippen LogP contribution in [0.25, 0.3) is 16.9 Å². The standard InChI is InChI=1S/C25H27N3O2/c1-24(2)15-25(17-29)16-27(14-22(24)25)23(30)21-13-20(18-9-5-3-6-10-18)26-28(21)19-11-7-4-8-12-19/h3-13,22,29H,14-17H2,1-2H3/t22-,25-/m1/s1. The minimum atomic E-state index is -0.154. The molecule has 0 spiro atoms. The molecule has 2 aromatic carbocycles. The number of para-hydroxylation sites is 1. The van der Waals surface area contributed by atoms with E-state index in [-0.39, 0.29) is 23.3 Å². The Morgan fingerprint density at radius 3 is 2.37 bits per heavy atom. The van der Waals surface area contributed by atoms with Crippen molar-refractivity contribution >= 4 is 5.91 Å². The van der Waals surface area contributed by atoms with E-state index in [2.05, 4.69) is 13.8 Å². The number of carbonyl (C=O) groups is 1. The molecule has 2 fully saturated rings. The maximum absolute atomic E-state index is 13.7. The molecule has 0 unspecified atom stereocenters. The summed E-state index contributed by atoms with van der Waals surface area (Å²) in [5, 5.41) is 14.9. The molecule has 5 heteroatoms. The number of aliphatic hydroxyl groups excluding tert-OH is 1. The summed E-state index contributed by atoms with van der Waals surface area (Å²) in [4.78, 5) is 15.6. The molecule has 1 saturated carbocycles. The highest BCUT2D eigenvalue weighted by Gasteiger charge is 2.63. The molecule has 154 valence electrons. The molecule has 2 aliphatic rings. The summed E-state index contributed by atoms with van der Waals surface area (Å²) in [5.74, 6) is 0.312. The zero-order chi connectivity index (χ0) is 20.9. The van der Waals surface area contributed by atoms with Gasteiger partial charge in [0.1, 0.15) is 5.69 Å². The minimum absolute atomic E-state index is 0.0217. The number of benzene rings is 2. The molecule has 1 N–H and O–H groups in total. The minimum Gasteiger partial charge on any atom is -0.396 e. The first kappa shape index (κ1) is 19.1. The van der Waals surface area contributed by atoms with Crippen LogP contribution in [0.5, 0.6) is 0 Å². The Bertz CT molecular complexity index is 1070. The number of fused-ring (bicyclic) bond motifs is 1. The molecular formula is C25H27N3O2. The largest absolute Gasteiger partial charge is 0.396 e. The number of rotatable bonds is 4. The Labute approximate surface area is 177 Å². The molecule has 0 bridgehead atoms. The van der Waals surface area contributed by atoms with Crippen LogP contribution in [-0.4, -0.2) is 45.4 Å². The maximum Gasteiger partial charge on any atom is 0.272 e. The third-order valence-electron chi connectivity index (χ3n) is 7.00. The van der Waals surface area contributed by atoms with Crippen molar-refractivity contribution in [3.05, 3.63) is 72.4 Å². The van der Waals surface area contributed by atoms with Crippen molar-refractivity contribution in [2.45, 2.75) is 20.3 Å². The van der Waals surface area contributed by atoms with Crippen molar-refractivity contribution in [3.63, 3.8) is 0 Å². The second kappa shape index (κ2) is 6.81. The summed E-state index contributed by atoms with van der Waals surface area (Å²) in [7, 11) is 0. The highest BCUT2D eigenvalue weighted by Crippen LogP contribution is 2.62. The van der Waals surface area contributed by atoms with Crippen molar-refractivity contribution in [2.75, 3.05) is 19.7 Å². The van der Waals surface area contributed by atoms with Crippen LogP contribution in [0, 0.1) is 16.7 Å². The van der Waals surface area contributed by atoms with Crippen molar-refractivity contribution < 1.29 is 9.90 Å². The van der Waals surface area contributed by atoms with E-state index < -0.39 is 0 Å². The van der Waals surface area contributed by atoms with Crippen molar-refractivity contribution in [3.8, 4) is 16.9 Å². The van der Waals surface area contributed by atoms with Crippen molar-refractivity contribution in [2.24, 2.45) is 16.7 Å². The Kier molecular flexibility index (Phi) is 4.33. The summed E-state index contributed by atoms with van der Waals surface area (Å²) in [6, 6.07) is 21.6. The van der Waals surface area contributed by atoms with Crippen LogP contribution < -0.4 is 0 Å². The number of hydrogen-bond acceptors (Lipinski definition) is 3. The number of likely N-dealkylation sites (tertiary alicyclic amines) is 1. The Balaban J connectivity index is 1.54. The highest BCUT2D eigenvalue weighted by atomic mass is 16.3. The monoisotopic (exact) mass is 401 g/mol. The van der Waals surface area contributed by atoms with Crippen molar-refractivity contribution in [1.29, 1.82) is 0 Å². The number of hydrogen-bond donors (Lipinski definition) is 1. The number of amides is 1. The van der Waals surface area contributed by atoms with Crippen LogP contribution in [0.1, 0.15) is 30.8 Å². The molecule has 1 aliphatic carbocycles. The highest BCUT2D eigenvalue weighted by molar-refractivity contribution is 5.94. The average Bonchev–Trinajstić information content (AvgIpc) is 3.35. The first-order chi connectivity index (χ1) is 14.4. The van der Waals surface area contributed by atoms with E-state index in [1.807, 2.05) is 71.6 Å². The third kappa shape index (κ3) is 2.88. The fourth-order valence-electron chi connectivity index (χ4n) is 5.71. The Morgan fingerprint density at radius 1 is 1.10 bits per heavy atom. The summed E-state index contributed by atoms with van der Waals surface area (Å²) in [6.45, 7) is 5.91. The van der Waals surface area contributed by atoms with E-state index in [1.165, 1.54) is 0 Å². The molecule has 1 amide bonds. The van der Waals surface area contributed by atoms with Crippen LogP contribution in [0.3, 0.4) is 0 Å². The lowest BCUT2D eigenvalue weighted by molar-refractivity contribution is -0.0977. The lowest BCUT2D eigenvalue weighted by Gasteiger charge is -2.55. The van der Waals surface area contributed by atoms with Gasteiger partial charge in [0.15, 0.2) is 0 Å². The molecule has 0 radical (unpaired) electrons. The fraction of sp³-hybridized carbons (Fsp3) is 0.360. The predicted octanol–water partition coefficient (Wildman–Crippen LogP) is 4.02. The van der Waals surface area contributed by atoms with Gasteiger partial charge in [-0.25, -0.2) is 4.68 Å². The first-order valence-corrected chi connectivity index (χ1v) is 10.5. The van der Waals surface area contributed by atoms with Crippen LogP contribution in [0.4, 0.5) is 0 Å². The van der Waals surface area contributed by atoms with E-state index >= 15 is 0 Å². The van der Waals surface area contributed by atoms with Gasteiger partial charge in [0, 0.05) is 24.1 Å².